The molecule has 0 aliphatic carbocycles. The highest BCUT2D eigenvalue weighted by atomic mass is 16.5. The average Bonchev–Trinajstić information content (AvgIpc) is 2.54. The van der Waals surface area contributed by atoms with Crippen molar-refractivity contribution in [1.29, 1.82) is 0 Å². The van der Waals surface area contributed by atoms with Gasteiger partial charge in [-0.25, -0.2) is 0 Å². The third-order valence-corrected chi connectivity index (χ3v) is 3.53. The van der Waals surface area contributed by atoms with Gasteiger partial charge in [0.25, 0.3) is 0 Å². The second-order valence-electron chi connectivity index (χ2n) is 4.85. The van der Waals surface area contributed by atoms with E-state index in [1.54, 1.807) is 0 Å². The van der Waals surface area contributed by atoms with E-state index in [1.807, 2.05) is 0 Å². The van der Waals surface area contributed by atoms with Crippen molar-refractivity contribution >= 4 is 0 Å². The van der Waals surface area contributed by atoms with E-state index in [1.165, 1.54) is 50.5 Å². The molecule has 1 aliphatic rings. The van der Waals surface area contributed by atoms with E-state index in [2.05, 4.69) is 20.4 Å². The fourth-order valence-corrected chi connectivity index (χ4v) is 2.21. The van der Waals surface area contributed by atoms with Crippen LogP contribution in [0.15, 0.2) is 12.2 Å². The van der Waals surface area contributed by atoms with Gasteiger partial charge in [-0.05, 0) is 12.0 Å². The first-order valence-corrected chi connectivity index (χ1v) is 6.55. The molecule has 1 heteroatoms. The van der Waals surface area contributed by atoms with Gasteiger partial charge in [-0.3, -0.25) is 0 Å². The van der Waals surface area contributed by atoms with E-state index in [4.69, 9.17) is 4.74 Å². The third kappa shape index (κ3) is 4.38. The summed E-state index contributed by atoms with van der Waals surface area (Å²) in [5.74, 6) is 0.584. The Kier molecular flexibility index (Phi) is 6.00. The second kappa shape index (κ2) is 7.05. The predicted molar refractivity (Wildman–Crippen MR) is 66.0 cm³/mol. The molecule has 0 aromatic rings. The molecule has 1 rings (SSSR count). The molecule has 0 radical (unpaired) electrons. The molecule has 1 heterocycles. The summed E-state index contributed by atoms with van der Waals surface area (Å²) in [6, 6.07) is 0. The van der Waals surface area contributed by atoms with Crippen molar-refractivity contribution in [1.82, 2.24) is 0 Å². The standard InChI is InChI=1S/C14H26O/c1-4-5-6-7-8-9-10-14-13(3)12(2)11-15-14/h13-14H,2,4-11H2,1,3H3/t13-,14+/m0/s1. The minimum Gasteiger partial charge on any atom is -0.373 e. The van der Waals surface area contributed by atoms with Crippen LogP contribution in [0.1, 0.15) is 58.8 Å². The molecule has 2 atom stereocenters. The first-order chi connectivity index (χ1) is 7.25. The van der Waals surface area contributed by atoms with E-state index in [-0.39, 0.29) is 0 Å². The Morgan fingerprint density at radius 1 is 1.20 bits per heavy atom. The summed E-state index contributed by atoms with van der Waals surface area (Å²) in [5.41, 5.74) is 1.28. The molecule has 0 aromatic carbocycles. The van der Waals surface area contributed by atoms with Crippen molar-refractivity contribution in [3.63, 3.8) is 0 Å². The highest BCUT2D eigenvalue weighted by Gasteiger charge is 2.26. The van der Waals surface area contributed by atoms with Crippen molar-refractivity contribution in [2.75, 3.05) is 6.61 Å². The Morgan fingerprint density at radius 3 is 2.47 bits per heavy atom. The molecule has 0 saturated carbocycles. The lowest BCUT2D eigenvalue weighted by molar-refractivity contribution is 0.0851. The molecule has 0 N–H and O–H groups in total. The van der Waals surface area contributed by atoms with Crippen LogP contribution in [0.5, 0.6) is 0 Å². The zero-order valence-corrected chi connectivity index (χ0v) is 10.4. The van der Waals surface area contributed by atoms with Crippen molar-refractivity contribution in [3.8, 4) is 0 Å². The summed E-state index contributed by atoms with van der Waals surface area (Å²) in [6.45, 7) is 9.33. The predicted octanol–water partition coefficient (Wildman–Crippen LogP) is 4.33. The van der Waals surface area contributed by atoms with E-state index in [0.717, 1.165) is 6.61 Å². The number of rotatable bonds is 7. The molecule has 0 amide bonds. The lowest BCUT2D eigenvalue weighted by atomic mass is 9.95. The first-order valence-electron chi connectivity index (χ1n) is 6.55. The van der Waals surface area contributed by atoms with Gasteiger partial charge in [0, 0.05) is 5.92 Å². The minimum absolute atomic E-state index is 0.462. The van der Waals surface area contributed by atoms with E-state index >= 15 is 0 Å². The summed E-state index contributed by atoms with van der Waals surface area (Å²) in [7, 11) is 0. The second-order valence-corrected chi connectivity index (χ2v) is 4.85. The molecule has 0 aromatic heterocycles. The number of hydrogen-bond donors (Lipinski definition) is 0. The van der Waals surface area contributed by atoms with Crippen molar-refractivity contribution in [3.05, 3.63) is 12.2 Å². The molecule has 1 aliphatic heterocycles. The van der Waals surface area contributed by atoms with Gasteiger partial charge in [0.05, 0.1) is 12.7 Å². The van der Waals surface area contributed by atoms with Gasteiger partial charge in [-0.15, -0.1) is 0 Å². The summed E-state index contributed by atoms with van der Waals surface area (Å²) in [6.07, 6.45) is 9.93. The fraction of sp³-hybridized carbons (Fsp3) is 0.857. The monoisotopic (exact) mass is 210 g/mol. The Morgan fingerprint density at radius 2 is 1.87 bits per heavy atom. The van der Waals surface area contributed by atoms with Gasteiger partial charge >= 0.3 is 0 Å². The number of hydrogen-bond acceptors (Lipinski definition) is 1. The van der Waals surface area contributed by atoms with Crippen LogP contribution >= 0.6 is 0 Å². The molecular formula is C14H26O. The zero-order chi connectivity index (χ0) is 11.1. The topological polar surface area (TPSA) is 9.23 Å². The number of ether oxygens (including phenoxy) is 1. The van der Waals surface area contributed by atoms with Gasteiger partial charge in [0.15, 0.2) is 0 Å². The first kappa shape index (κ1) is 12.8. The third-order valence-electron chi connectivity index (χ3n) is 3.53. The van der Waals surface area contributed by atoms with Crippen molar-refractivity contribution in [2.45, 2.75) is 64.9 Å². The number of unbranched alkanes of at least 4 members (excludes halogenated alkanes) is 5. The van der Waals surface area contributed by atoms with E-state index in [0.29, 0.717) is 12.0 Å². The maximum Gasteiger partial charge on any atom is 0.0681 e. The average molecular weight is 210 g/mol. The van der Waals surface area contributed by atoms with Gasteiger partial charge in [0.2, 0.25) is 0 Å². The highest BCUT2D eigenvalue weighted by molar-refractivity contribution is 5.06. The molecule has 1 fully saturated rings. The quantitative estimate of drug-likeness (QED) is 0.449. The van der Waals surface area contributed by atoms with Gasteiger partial charge in [0.1, 0.15) is 0 Å². The maximum absolute atomic E-state index is 5.71. The van der Waals surface area contributed by atoms with E-state index < -0.39 is 0 Å². The van der Waals surface area contributed by atoms with E-state index in [9.17, 15) is 0 Å². The summed E-state index contributed by atoms with van der Waals surface area (Å²) in [5, 5.41) is 0. The largest absolute Gasteiger partial charge is 0.373 e. The van der Waals surface area contributed by atoms with Crippen molar-refractivity contribution < 1.29 is 4.74 Å². The smallest absolute Gasteiger partial charge is 0.0681 e. The van der Waals surface area contributed by atoms with Crippen LogP contribution in [0, 0.1) is 5.92 Å². The molecule has 1 saturated heterocycles. The van der Waals surface area contributed by atoms with Crippen LogP contribution in [-0.2, 0) is 4.74 Å². The maximum atomic E-state index is 5.71. The Hall–Kier alpha value is -0.300. The Bertz CT molecular complexity index is 186. The van der Waals surface area contributed by atoms with Crippen LogP contribution in [0.2, 0.25) is 0 Å². The molecule has 1 nitrogen and oxygen atoms in total. The van der Waals surface area contributed by atoms with Crippen LogP contribution in [0.25, 0.3) is 0 Å². The molecule has 0 unspecified atom stereocenters. The minimum atomic E-state index is 0.462. The summed E-state index contributed by atoms with van der Waals surface area (Å²) >= 11 is 0. The normalized spacial score (nSPS) is 26.1. The van der Waals surface area contributed by atoms with Crippen molar-refractivity contribution in [2.24, 2.45) is 5.92 Å². The Labute approximate surface area is 94.9 Å². The summed E-state index contributed by atoms with van der Waals surface area (Å²) in [4.78, 5) is 0. The van der Waals surface area contributed by atoms with Crippen LogP contribution in [0.3, 0.4) is 0 Å². The van der Waals surface area contributed by atoms with Gasteiger partial charge in [-0.2, -0.15) is 0 Å². The van der Waals surface area contributed by atoms with Gasteiger partial charge < -0.3 is 4.74 Å². The fourth-order valence-electron chi connectivity index (χ4n) is 2.21. The molecule has 15 heavy (non-hydrogen) atoms. The molecule has 0 spiro atoms. The van der Waals surface area contributed by atoms with Crippen LogP contribution < -0.4 is 0 Å². The van der Waals surface area contributed by atoms with Crippen LogP contribution in [-0.4, -0.2) is 12.7 Å². The molecule has 88 valence electrons. The molecular weight excluding hydrogens is 184 g/mol. The van der Waals surface area contributed by atoms with Gasteiger partial charge in [-0.1, -0.05) is 59.0 Å². The van der Waals surface area contributed by atoms with Crippen LogP contribution in [0.4, 0.5) is 0 Å². The summed E-state index contributed by atoms with van der Waals surface area (Å²) < 4.78 is 5.71. The zero-order valence-electron chi connectivity index (χ0n) is 10.4. The SMILES string of the molecule is C=C1CO[C@H](CCCCCCCC)[C@H]1C. The lowest BCUT2D eigenvalue weighted by Crippen LogP contribution is -2.13. The highest BCUT2D eigenvalue weighted by Crippen LogP contribution is 2.28. The Balaban J connectivity index is 1.98. The lowest BCUT2D eigenvalue weighted by Gasteiger charge is -2.14. The molecule has 0 bridgehead atoms.